The van der Waals surface area contributed by atoms with Gasteiger partial charge in [-0.3, -0.25) is 4.79 Å². The first kappa shape index (κ1) is 12.8. The van der Waals surface area contributed by atoms with E-state index in [1.54, 1.807) is 13.2 Å². The van der Waals surface area contributed by atoms with E-state index in [1.165, 1.54) is 0 Å². The minimum absolute atomic E-state index is 0.214. The van der Waals surface area contributed by atoms with Crippen LogP contribution in [0.3, 0.4) is 0 Å². The van der Waals surface area contributed by atoms with E-state index in [-0.39, 0.29) is 5.78 Å². The Kier molecular flexibility index (Phi) is 3.82. The van der Waals surface area contributed by atoms with Gasteiger partial charge in [-0.15, -0.1) is 0 Å². The van der Waals surface area contributed by atoms with E-state index in [4.69, 9.17) is 4.74 Å². The van der Waals surface area contributed by atoms with Crippen molar-refractivity contribution in [1.82, 2.24) is 4.90 Å². The fourth-order valence-corrected chi connectivity index (χ4v) is 2.39. The van der Waals surface area contributed by atoms with Crippen LogP contribution < -0.4 is 4.74 Å². The molecule has 1 aromatic rings. The molecule has 0 fully saturated rings. The van der Waals surface area contributed by atoms with Crippen molar-refractivity contribution < 1.29 is 9.53 Å². The van der Waals surface area contributed by atoms with Gasteiger partial charge in [0.15, 0.2) is 5.78 Å². The smallest absolute Gasteiger partial charge is 0.156 e. The molecule has 0 amide bonds. The summed E-state index contributed by atoms with van der Waals surface area (Å²) in [5, 5.41) is 0. The molecular weight excluding hydrogens is 226 g/mol. The van der Waals surface area contributed by atoms with Crippen molar-refractivity contribution in [2.75, 3.05) is 21.2 Å². The number of hydrogen-bond acceptors (Lipinski definition) is 3. The normalized spacial score (nSPS) is 19.9. The molecule has 0 spiro atoms. The minimum Gasteiger partial charge on any atom is -0.497 e. The summed E-state index contributed by atoms with van der Waals surface area (Å²) in [7, 11) is 5.76. The quantitative estimate of drug-likeness (QED) is 0.818. The van der Waals surface area contributed by atoms with Gasteiger partial charge in [0.2, 0.25) is 0 Å². The van der Waals surface area contributed by atoms with Crippen LogP contribution in [0, 0.1) is 0 Å². The van der Waals surface area contributed by atoms with Crippen LogP contribution in [0.2, 0.25) is 0 Å². The Hall–Kier alpha value is -1.61. The van der Waals surface area contributed by atoms with E-state index in [0.717, 1.165) is 23.3 Å². The number of ether oxygens (including phenoxy) is 1. The minimum atomic E-state index is 0.214. The van der Waals surface area contributed by atoms with Crippen LogP contribution in [0.1, 0.15) is 18.4 Å². The molecule has 0 heterocycles. The van der Waals surface area contributed by atoms with Gasteiger partial charge in [0.1, 0.15) is 5.75 Å². The standard InChI is InChI=1S/C15H19NO2/c1-16(2)15-8-7-12(17)10-14(15)11-5-4-6-13(9-11)18-3/h4-6,9-10,15H,7-8H2,1-3H3. The Labute approximate surface area is 108 Å². The van der Waals surface area contributed by atoms with Gasteiger partial charge in [-0.25, -0.2) is 0 Å². The molecule has 18 heavy (non-hydrogen) atoms. The number of methoxy groups -OCH3 is 1. The SMILES string of the molecule is COc1cccc(C2=CC(=O)CCC2N(C)C)c1. The highest BCUT2D eigenvalue weighted by Gasteiger charge is 2.24. The van der Waals surface area contributed by atoms with Crippen LogP contribution >= 0.6 is 0 Å². The molecule has 1 atom stereocenters. The van der Waals surface area contributed by atoms with Gasteiger partial charge < -0.3 is 9.64 Å². The molecule has 3 heteroatoms. The lowest BCUT2D eigenvalue weighted by Gasteiger charge is -2.30. The molecule has 0 bridgehead atoms. The second kappa shape index (κ2) is 5.36. The molecule has 0 aromatic heterocycles. The summed E-state index contributed by atoms with van der Waals surface area (Å²) in [5.74, 6) is 1.04. The maximum Gasteiger partial charge on any atom is 0.156 e. The highest BCUT2D eigenvalue weighted by molar-refractivity contribution is 5.99. The van der Waals surface area contributed by atoms with Crippen molar-refractivity contribution in [1.29, 1.82) is 0 Å². The van der Waals surface area contributed by atoms with E-state index in [2.05, 4.69) is 19.0 Å². The first-order valence-corrected chi connectivity index (χ1v) is 6.17. The molecular formula is C15H19NO2. The third-order valence-electron chi connectivity index (χ3n) is 3.37. The number of hydrogen-bond donors (Lipinski definition) is 0. The van der Waals surface area contributed by atoms with Gasteiger partial charge >= 0.3 is 0 Å². The van der Waals surface area contributed by atoms with Crippen molar-refractivity contribution in [3.63, 3.8) is 0 Å². The molecule has 3 nitrogen and oxygen atoms in total. The van der Waals surface area contributed by atoms with Crippen LogP contribution in [0.4, 0.5) is 0 Å². The Balaban J connectivity index is 2.41. The van der Waals surface area contributed by atoms with E-state index >= 15 is 0 Å². The molecule has 0 saturated heterocycles. The largest absolute Gasteiger partial charge is 0.497 e. The molecule has 0 N–H and O–H groups in total. The van der Waals surface area contributed by atoms with Crippen LogP contribution in [0.15, 0.2) is 30.3 Å². The zero-order valence-electron chi connectivity index (χ0n) is 11.1. The molecule has 1 aliphatic carbocycles. The number of rotatable bonds is 3. The van der Waals surface area contributed by atoms with Gasteiger partial charge in [-0.1, -0.05) is 12.1 Å². The number of carbonyl (C=O) groups excluding carboxylic acids is 1. The summed E-state index contributed by atoms with van der Waals surface area (Å²) in [6.45, 7) is 0. The fraction of sp³-hybridized carbons (Fsp3) is 0.400. The lowest BCUT2D eigenvalue weighted by atomic mass is 9.88. The second-order valence-corrected chi connectivity index (χ2v) is 4.82. The average Bonchev–Trinajstić information content (AvgIpc) is 2.38. The number of allylic oxidation sites excluding steroid dienone is 1. The first-order chi connectivity index (χ1) is 8.61. The predicted octanol–water partition coefficient (Wildman–Crippen LogP) is 2.37. The van der Waals surface area contributed by atoms with Crippen molar-refractivity contribution >= 4 is 11.4 Å². The van der Waals surface area contributed by atoms with Gasteiger partial charge in [-0.2, -0.15) is 0 Å². The fourth-order valence-electron chi connectivity index (χ4n) is 2.39. The van der Waals surface area contributed by atoms with Gasteiger partial charge in [0.05, 0.1) is 7.11 Å². The van der Waals surface area contributed by atoms with E-state index in [1.807, 2.05) is 24.3 Å². The lowest BCUT2D eigenvalue weighted by Crippen LogP contribution is -2.32. The molecule has 1 aliphatic rings. The predicted molar refractivity (Wildman–Crippen MR) is 72.7 cm³/mol. The zero-order chi connectivity index (χ0) is 13.1. The third-order valence-corrected chi connectivity index (χ3v) is 3.37. The zero-order valence-corrected chi connectivity index (χ0v) is 11.1. The Morgan fingerprint density at radius 2 is 2.11 bits per heavy atom. The maximum absolute atomic E-state index is 11.6. The van der Waals surface area contributed by atoms with Gasteiger partial charge in [-0.05, 0) is 49.9 Å². The second-order valence-electron chi connectivity index (χ2n) is 4.82. The number of carbonyl (C=O) groups is 1. The highest BCUT2D eigenvalue weighted by atomic mass is 16.5. The van der Waals surface area contributed by atoms with Crippen molar-refractivity contribution in [3.05, 3.63) is 35.9 Å². The monoisotopic (exact) mass is 245 g/mol. The Morgan fingerprint density at radius 3 is 2.78 bits per heavy atom. The van der Waals surface area contributed by atoms with Crippen molar-refractivity contribution in [2.24, 2.45) is 0 Å². The summed E-state index contributed by atoms with van der Waals surface area (Å²) in [6.07, 6.45) is 3.30. The van der Waals surface area contributed by atoms with Gasteiger partial charge in [0.25, 0.3) is 0 Å². The molecule has 0 saturated carbocycles. The summed E-state index contributed by atoms with van der Waals surface area (Å²) in [5.41, 5.74) is 2.16. The molecule has 1 aromatic carbocycles. The number of likely N-dealkylation sites (N-methyl/N-ethyl adjacent to an activating group) is 1. The summed E-state index contributed by atoms with van der Waals surface area (Å²) < 4.78 is 5.24. The van der Waals surface area contributed by atoms with Crippen LogP contribution in [-0.4, -0.2) is 37.9 Å². The maximum atomic E-state index is 11.6. The van der Waals surface area contributed by atoms with Crippen molar-refractivity contribution in [3.8, 4) is 5.75 Å². The van der Waals surface area contributed by atoms with E-state index in [0.29, 0.717) is 12.5 Å². The van der Waals surface area contributed by atoms with Crippen LogP contribution in [0.25, 0.3) is 5.57 Å². The first-order valence-electron chi connectivity index (χ1n) is 6.17. The van der Waals surface area contributed by atoms with Crippen molar-refractivity contribution in [2.45, 2.75) is 18.9 Å². The van der Waals surface area contributed by atoms with E-state index < -0.39 is 0 Å². The Bertz CT molecular complexity index is 477. The lowest BCUT2D eigenvalue weighted by molar-refractivity contribution is -0.115. The van der Waals surface area contributed by atoms with Gasteiger partial charge in [0, 0.05) is 12.5 Å². The topological polar surface area (TPSA) is 29.5 Å². The highest BCUT2D eigenvalue weighted by Crippen LogP contribution is 2.30. The number of benzene rings is 1. The van der Waals surface area contributed by atoms with Crippen LogP contribution in [0.5, 0.6) is 5.75 Å². The van der Waals surface area contributed by atoms with Crippen LogP contribution in [-0.2, 0) is 4.79 Å². The molecule has 1 unspecified atom stereocenters. The summed E-state index contributed by atoms with van der Waals surface area (Å²) in [6, 6.07) is 8.19. The number of nitrogens with zero attached hydrogens (tertiary/aromatic N) is 1. The molecule has 96 valence electrons. The number of ketones is 1. The Morgan fingerprint density at radius 1 is 1.33 bits per heavy atom. The summed E-state index contributed by atoms with van der Waals surface area (Å²) >= 11 is 0. The molecule has 0 radical (unpaired) electrons. The average molecular weight is 245 g/mol. The van der Waals surface area contributed by atoms with E-state index in [9.17, 15) is 4.79 Å². The third kappa shape index (κ3) is 2.62. The summed E-state index contributed by atoms with van der Waals surface area (Å²) in [4.78, 5) is 13.8. The molecule has 0 aliphatic heterocycles. The molecule has 2 rings (SSSR count).